The normalized spacial score (nSPS) is 24.8. The quantitative estimate of drug-likeness (QED) is 0.740. The summed E-state index contributed by atoms with van der Waals surface area (Å²) < 4.78 is 23.1. The first-order valence-electron chi connectivity index (χ1n) is 9.38. The van der Waals surface area contributed by atoms with E-state index in [1.54, 1.807) is 4.90 Å². The van der Waals surface area contributed by atoms with Crippen LogP contribution in [0.25, 0.3) is 0 Å². The monoisotopic (exact) mass is 377 g/mol. The zero-order chi connectivity index (χ0) is 18.9. The van der Waals surface area contributed by atoms with Gasteiger partial charge in [0.2, 0.25) is 5.91 Å². The summed E-state index contributed by atoms with van der Waals surface area (Å²) in [5.41, 5.74) is 2.69. The first-order valence-corrected chi connectivity index (χ1v) is 11.2. The predicted octanol–water partition coefficient (Wildman–Crippen LogP) is 2.69. The van der Waals surface area contributed by atoms with Crippen molar-refractivity contribution in [3.63, 3.8) is 0 Å². The van der Waals surface area contributed by atoms with Gasteiger partial charge in [0.05, 0.1) is 17.5 Å². The van der Waals surface area contributed by atoms with E-state index in [1.165, 1.54) is 0 Å². The fourth-order valence-electron chi connectivity index (χ4n) is 4.09. The van der Waals surface area contributed by atoms with Crippen LogP contribution in [-0.2, 0) is 14.6 Å². The summed E-state index contributed by atoms with van der Waals surface area (Å²) in [6.07, 6.45) is 3.12. The Morgan fingerprint density at radius 1 is 1.19 bits per heavy atom. The van der Waals surface area contributed by atoms with Gasteiger partial charge >= 0.3 is 0 Å². The van der Waals surface area contributed by atoms with Gasteiger partial charge in [0.25, 0.3) is 0 Å². The SMILES string of the molecule is Cc1ccc(C)c(C(=O)C2CCCN2C(=O)CCC2CCS(=O)(=O)C2)c1. The van der Waals surface area contributed by atoms with Gasteiger partial charge in [-0.1, -0.05) is 17.7 Å². The zero-order valence-electron chi connectivity index (χ0n) is 15.5. The number of aryl methyl sites for hydroxylation is 2. The van der Waals surface area contributed by atoms with E-state index >= 15 is 0 Å². The maximum absolute atomic E-state index is 13.0. The van der Waals surface area contributed by atoms with Crippen molar-refractivity contribution in [2.45, 2.75) is 52.0 Å². The largest absolute Gasteiger partial charge is 0.332 e. The lowest BCUT2D eigenvalue weighted by atomic mass is 9.96. The number of rotatable bonds is 5. The van der Waals surface area contributed by atoms with Crippen LogP contribution in [0.15, 0.2) is 18.2 Å². The third kappa shape index (κ3) is 4.17. The molecule has 142 valence electrons. The molecule has 2 aliphatic rings. The molecule has 0 radical (unpaired) electrons. The number of likely N-dealkylation sites (tertiary alicyclic amines) is 1. The van der Waals surface area contributed by atoms with Crippen LogP contribution in [0.2, 0.25) is 0 Å². The van der Waals surface area contributed by atoms with Crippen molar-refractivity contribution in [3.05, 3.63) is 34.9 Å². The molecule has 0 N–H and O–H groups in total. The molecule has 2 heterocycles. The standard InChI is InChI=1S/C20H27NO4S/c1-14-5-6-15(2)17(12-14)20(23)18-4-3-10-21(18)19(22)8-7-16-9-11-26(24,25)13-16/h5-6,12,16,18H,3-4,7-11,13H2,1-2H3. The van der Waals surface area contributed by atoms with Crippen molar-refractivity contribution in [2.24, 2.45) is 5.92 Å². The Balaban J connectivity index is 1.65. The lowest BCUT2D eigenvalue weighted by molar-refractivity contribution is -0.131. The smallest absolute Gasteiger partial charge is 0.223 e. The Morgan fingerprint density at radius 3 is 2.65 bits per heavy atom. The first-order chi connectivity index (χ1) is 12.3. The molecule has 6 heteroatoms. The van der Waals surface area contributed by atoms with E-state index in [-0.39, 0.29) is 35.2 Å². The third-order valence-electron chi connectivity index (χ3n) is 5.63. The molecule has 0 saturated carbocycles. The van der Waals surface area contributed by atoms with Gasteiger partial charge in [-0.05, 0) is 57.1 Å². The highest BCUT2D eigenvalue weighted by Gasteiger charge is 2.35. The van der Waals surface area contributed by atoms with Crippen LogP contribution >= 0.6 is 0 Å². The van der Waals surface area contributed by atoms with E-state index in [9.17, 15) is 18.0 Å². The fourth-order valence-corrected chi connectivity index (χ4v) is 6.00. The molecule has 0 aliphatic carbocycles. The maximum Gasteiger partial charge on any atom is 0.223 e. The topological polar surface area (TPSA) is 71.5 Å². The van der Waals surface area contributed by atoms with E-state index in [0.717, 1.165) is 17.5 Å². The Hall–Kier alpha value is -1.69. The minimum absolute atomic E-state index is 0.0181. The van der Waals surface area contributed by atoms with Crippen molar-refractivity contribution in [1.82, 2.24) is 4.90 Å². The number of carbonyl (C=O) groups excluding carboxylic acids is 2. The van der Waals surface area contributed by atoms with Crippen molar-refractivity contribution in [3.8, 4) is 0 Å². The highest BCUT2D eigenvalue weighted by Crippen LogP contribution is 2.27. The highest BCUT2D eigenvalue weighted by molar-refractivity contribution is 7.91. The van der Waals surface area contributed by atoms with Crippen LogP contribution in [0, 0.1) is 19.8 Å². The van der Waals surface area contributed by atoms with Gasteiger partial charge in [0.1, 0.15) is 0 Å². The summed E-state index contributed by atoms with van der Waals surface area (Å²) in [4.78, 5) is 27.4. The average Bonchev–Trinajstić information content (AvgIpc) is 3.20. The molecule has 2 unspecified atom stereocenters. The van der Waals surface area contributed by atoms with E-state index in [1.807, 2.05) is 32.0 Å². The molecule has 0 aromatic heterocycles. The van der Waals surface area contributed by atoms with Crippen LogP contribution in [0.3, 0.4) is 0 Å². The number of carbonyl (C=O) groups is 2. The van der Waals surface area contributed by atoms with E-state index in [0.29, 0.717) is 37.8 Å². The lowest BCUT2D eigenvalue weighted by Gasteiger charge is -2.25. The molecule has 3 rings (SSSR count). The minimum atomic E-state index is -2.91. The average molecular weight is 378 g/mol. The van der Waals surface area contributed by atoms with Crippen molar-refractivity contribution in [2.75, 3.05) is 18.1 Å². The molecule has 2 aliphatic heterocycles. The number of sulfone groups is 1. The summed E-state index contributed by atoms with van der Waals surface area (Å²) in [5, 5.41) is 0. The molecule has 5 nitrogen and oxygen atoms in total. The number of hydrogen-bond acceptors (Lipinski definition) is 4. The Bertz CT molecular complexity index is 815. The Labute approximate surface area is 155 Å². The molecule has 1 aromatic carbocycles. The molecular weight excluding hydrogens is 350 g/mol. The van der Waals surface area contributed by atoms with E-state index in [4.69, 9.17) is 0 Å². The molecule has 0 spiro atoms. The summed E-state index contributed by atoms with van der Waals surface area (Å²) >= 11 is 0. The van der Waals surface area contributed by atoms with Crippen molar-refractivity contribution >= 4 is 21.5 Å². The number of ketones is 1. The molecule has 2 fully saturated rings. The summed E-state index contributed by atoms with van der Waals surface area (Å²) in [5.74, 6) is 0.532. The number of nitrogens with zero attached hydrogens (tertiary/aromatic N) is 1. The molecule has 1 amide bonds. The second-order valence-electron chi connectivity index (χ2n) is 7.74. The van der Waals surface area contributed by atoms with Gasteiger partial charge in [0, 0.05) is 18.5 Å². The Morgan fingerprint density at radius 2 is 1.96 bits per heavy atom. The zero-order valence-corrected chi connectivity index (χ0v) is 16.3. The van der Waals surface area contributed by atoms with Gasteiger partial charge in [-0.2, -0.15) is 0 Å². The van der Waals surface area contributed by atoms with E-state index in [2.05, 4.69) is 0 Å². The highest BCUT2D eigenvalue weighted by atomic mass is 32.2. The van der Waals surface area contributed by atoms with Gasteiger partial charge in [0.15, 0.2) is 15.6 Å². The molecular formula is C20H27NO4S. The molecule has 0 bridgehead atoms. The van der Waals surface area contributed by atoms with Crippen molar-refractivity contribution in [1.29, 1.82) is 0 Å². The van der Waals surface area contributed by atoms with Gasteiger partial charge in [-0.15, -0.1) is 0 Å². The number of hydrogen-bond donors (Lipinski definition) is 0. The second kappa shape index (κ2) is 7.51. The number of benzene rings is 1. The maximum atomic E-state index is 13.0. The second-order valence-corrected chi connectivity index (χ2v) is 9.96. The Kier molecular flexibility index (Phi) is 5.51. The van der Waals surface area contributed by atoms with Crippen molar-refractivity contribution < 1.29 is 18.0 Å². The first kappa shape index (κ1) is 19.1. The number of amides is 1. The van der Waals surface area contributed by atoms with Crippen LogP contribution in [-0.4, -0.2) is 49.1 Å². The molecule has 2 saturated heterocycles. The van der Waals surface area contributed by atoms with Crippen LogP contribution in [0.4, 0.5) is 0 Å². The third-order valence-corrected chi connectivity index (χ3v) is 7.46. The number of Topliss-reactive ketones (excluding diaryl/α,β-unsaturated/α-hetero) is 1. The van der Waals surface area contributed by atoms with Gasteiger partial charge in [-0.25, -0.2) is 8.42 Å². The minimum Gasteiger partial charge on any atom is -0.332 e. The summed E-state index contributed by atoms with van der Waals surface area (Å²) in [7, 11) is -2.91. The molecule has 2 atom stereocenters. The van der Waals surface area contributed by atoms with Crippen LogP contribution in [0.5, 0.6) is 0 Å². The molecule has 1 aromatic rings. The van der Waals surface area contributed by atoms with Gasteiger partial charge < -0.3 is 4.90 Å². The van der Waals surface area contributed by atoms with Crippen LogP contribution in [0.1, 0.15) is 53.6 Å². The summed E-state index contributed by atoms with van der Waals surface area (Å²) in [6, 6.07) is 5.46. The fraction of sp³-hybridized carbons (Fsp3) is 0.600. The summed E-state index contributed by atoms with van der Waals surface area (Å²) in [6.45, 7) is 4.50. The molecule has 26 heavy (non-hydrogen) atoms. The predicted molar refractivity (Wildman–Crippen MR) is 101 cm³/mol. The lowest BCUT2D eigenvalue weighted by Crippen LogP contribution is -2.40. The van der Waals surface area contributed by atoms with Gasteiger partial charge in [-0.3, -0.25) is 9.59 Å². The van der Waals surface area contributed by atoms with E-state index < -0.39 is 9.84 Å². The van der Waals surface area contributed by atoms with Crippen LogP contribution < -0.4 is 0 Å².